The zero-order valence-corrected chi connectivity index (χ0v) is 23.2. The number of imidazole rings is 1. The Morgan fingerprint density at radius 1 is 0.925 bits per heavy atom. The molecule has 4 aromatic rings. The van der Waals surface area contributed by atoms with Crippen molar-refractivity contribution in [2.24, 2.45) is 9.98 Å². The third kappa shape index (κ3) is 6.65. The van der Waals surface area contributed by atoms with Gasteiger partial charge in [-0.05, 0) is 37.0 Å². The van der Waals surface area contributed by atoms with Crippen LogP contribution in [0.5, 0.6) is 0 Å². The van der Waals surface area contributed by atoms with E-state index in [-0.39, 0.29) is 11.9 Å². The van der Waals surface area contributed by atoms with E-state index in [0.717, 1.165) is 22.9 Å². The Morgan fingerprint density at radius 2 is 1.62 bits per heavy atom. The highest BCUT2D eigenvalue weighted by atomic mass is 19.4. The molecule has 0 bridgehead atoms. The monoisotopic (exact) mass is 546 g/mol. The third-order valence-electron chi connectivity index (χ3n) is 6.40. The molecule has 0 spiro atoms. The van der Waals surface area contributed by atoms with Crippen molar-refractivity contribution < 1.29 is 13.2 Å². The van der Waals surface area contributed by atoms with Crippen molar-refractivity contribution in [1.82, 2.24) is 19.9 Å². The molecule has 1 N–H and O–H groups in total. The molecule has 0 unspecified atom stereocenters. The average Bonchev–Trinajstić information content (AvgIpc) is 3.41. The highest BCUT2D eigenvalue weighted by Gasteiger charge is 2.35. The van der Waals surface area contributed by atoms with Crippen molar-refractivity contribution in [2.75, 3.05) is 7.05 Å². The van der Waals surface area contributed by atoms with Crippen LogP contribution in [0.1, 0.15) is 67.6 Å². The standard InChI is InChI=1S/C31H33F3N6/c1-20(2)24-13-9-10-14-25(24)29(35-5)39-28(23-11-7-6-8-12-23)37-18-22-15-16-26(36-17-22)30-38-27(31(32,33)34)19-40(30)21(3)4/h6-17,19-21H,18H2,1-5H3,(H,35,37,39). The first kappa shape index (κ1) is 28.7. The molecule has 0 radical (unpaired) electrons. The van der Waals surface area contributed by atoms with E-state index in [9.17, 15) is 13.2 Å². The van der Waals surface area contributed by atoms with Gasteiger partial charge in [-0.25, -0.2) is 4.98 Å². The van der Waals surface area contributed by atoms with Gasteiger partial charge in [-0.15, -0.1) is 0 Å². The molecule has 0 saturated heterocycles. The van der Waals surface area contributed by atoms with Crippen LogP contribution < -0.4 is 5.32 Å². The molecule has 9 heteroatoms. The molecule has 0 amide bonds. The molecule has 2 heterocycles. The topological polar surface area (TPSA) is 67.5 Å². The normalized spacial score (nSPS) is 12.8. The summed E-state index contributed by atoms with van der Waals surface area (Å²) in [4.78, 5) is 17.6. The second-order valence-electron chi connectivity index (χ2n) is 9.97. The van der Waals surface area contributed by atoms with Crippen LogP contribution in [0.2, 0.25) is 0 Å². The number of benzene rings is 2. The quantitative estimate of drug-likeness (QED) is 0.196. The molecule has 0 aliphatic carbocycles. The lowest BCUT2D eigenvalue weighted by atomic mass is 9.96. The number of hydrogen-bond donors (Lipinski definition) is 1. The lowest BCUT2D eigenvalue weighted by Gasteiger charge is -2.17. The van der Waals surface area contributed by atoms with E-state index < -0.39 is 11.9 Å². The Balaban J connectivity index is 1.63. The van der Waals surface area contributed by atoms with Crippen LogP contribution in [-0.2, 0) is 12.7 Å². The second-order valence-corrected chi connectivity index (χ2v) is 9.97. The number of nitrogens with zero attached hydrogens (tertiary/aromatic N) is 5. The highest BCUT2D eigenvalue weighted by Crippen LogP contribution is 2.32. The molecule has 40 heavy (non-hydrogen) atoms. The van der Waals surface area contributed by atoms with Crippen LogP contribution in [-0.4, -0.2) is 33.3 Å². The first-order chi connectivity index (χ1) is 19.1. The fourth-order valence-corrected chi connectivity index (χ4v) is 4.30. The largest absolute Gasteiger partial charge is 0.434 e. The number of pyridine rings is 1. The van der Waals surface area contributed by atoms with Crippen LogP contribution in [0.4, 0.5) is 13.2 Å². The van der Waals surface area contributed by atoms with Gasteiger partial charge in [0.15, 0.2) is 11.5 Å². The molecule has 4 rings (SSSR count). The summed E-state index contributed by atoms with van der Waals surface area (Å²) in [6, 6.07) is 21.2. The Bertz CT molecular complexity index is 1480. The van der Waals surface area contributed by atoms with Gasteiger partial charge in [-0.2, -0.15) is 13.2 Å². The lowest BCUT2D eigenvalue weighted by Crippen LogP contribution is -2.33. The van der Waals surface area contributed by atoms with Gasteiger partial charge in [-0.1, -0.05) is 74.5 Å². The number of aliphatic imine (C=N–C) groups is 2. The Morgan fingerprint density at radius 3 is 2.23 bits per heavy atom. The minimum absolute atomic E-state index is 0.177. The number of alkyl halides is 3. The Kier molecular flexibility index (Phi) is 8.82. The Labute approximate surface area is 232 Å². The number of halogens is 3. The zero-order chi connectivity index (χ0) is 28.9. The maximum absolute atomic E-state index is 13.3. The molecular weight excluding hydrogens is 513 g/mol. The summed E-state index contributed by atoms with van der Waals surface area (Å²) in [5, 5.41) is 3.44. The van der Waals surface area contributed by atoms with Crippen molar-refractivity contribution in [3.05, 3.63) is 107 Å². The number of rotatable bonds is 7. The second kappa shape index (κ2) is 12.3. The van der Waals surface area contributed by atoms with Crippen LogP contribution in [0, 0.1) is 0 Å². The average molecular weight is 547 g/mol. The van der Waals surface area contributed by atoms with Crippen molar-refractivity contribution >= 4 is 11.7 Å². The zero-order valence-electron chi connectivity index (χ0n) is 23.2. The molecule has 2 aromatic heterocycles. The minimum Gasteiger partial charge on any atom is -0.327 e. The summed E-state index contributed by atoms with van der Waals surface area (Å²) in [5.41, 5.74) is 3.32. The predicted octanol–water partition coefficient (Wildman–Crippen LogP) is 7.28. The van der Waals surface area contributed by atoms with Gasteiger partial charge in [0.05, 0.1) is 6.54 Å². The van der Waals surface area contributed by atoms with Crippen molar-refractivity contribution in [3.63, 3.8) is 0 Å². The van der Waals surface area contributed by atoms with Gasteiger partial charge in [0.25, 0.3) is 0 Å². The molecular formula is C31H33F3N6. The van der Waals surface area contributed by atoms with Crippen molar-refractivity contribution in [1.29, 1.82) is 0 Å². The van der Waals surface area contributed by atoms with E-state index in [1.807, 2.05) is 54.6 Å². The van der Waals surface area contributed by atoms with E-state index in [2.05, 4.69) is 40.2 Å². The van der Waals surface area contributed by atoms with Crippen LogP contribution in [0.25, 0.3) is 11.5 Å². The predicted molar refractivity (Wildman–Crippen MR) is 154 cm³/mol. The SMILES string of the molecule is CN=C(NC(=NCc1ccc(-c2nc(C(F)(F)F)cn2C(C)C)nc1)c1ccccc1)c1ccccc1C(C)C. The Hall–Kier alpha value is -4.27. The summed E-state index contributed by atoms with van der Waals surface area (Å²) in [5.74, 6) is 1.85. The molecule has 0 aliphatic heterocycles. The summed E-state index contributed by atoms with van der Waals surface area (Å²) in [6.07, 6.45) is -1.88. The van der Waals surface area contributed by atoms with Gasteiger partial charge in [0.2, 0.25) is 0 Å². The van der Waals surface area contributed by atoms with E-state index in [1.54, 1.807) is 33.2 Å². The summed E-state index contributed by atoms with van der Waals surface area (Å²) >= 11 is 0. The maximum atomic E-state index is 13.3. The molecule has 2 aromatic carbocycles. The van der Waals surface area contributed by atoms with Gasteiger partial charge < -0.3 is 9.88 Å². The van der Waals surface area contributed by atoms with E-state index in [4.69, 9.17) is 4.99 Å². The smallest absolute Gasteiger partial charge is 0.327 e. The molecule has 0 saturated carbocycles. The van der Waals surface area contributed by atoms with Gasteiger partial charge in [0, 0.05) is 36.6 Å². The fourth-order valence-electron chi connectivity index (χ4n) is 4.30. The molecule has 6 nitrogen and oxygen atoms in total. The van der Waals surface area contributed by atoms with Crippen molar-refractivity contribution in [2.45, 2.75) is 52.4 Å². The molecule has 0 aliphatic rings. The number of amidine groups is 2. The number of aromatic nitrogens is 3. The first-order valence-electron chi connectivity index (χ1n) is 13.1. The van der Waals surface area contributed by atoms with Gasteiger partial charge in [0.1, 0.15) is 17.4 Å². The highest BCUT2D eigenvalue weighted by molar-refractivity contribution is 6.15. The van der Waals surface area contributed by atoms with E-state index in [1.165, 1.54) is 10.1 Å². The van der Waals surface area contributed by atoms with Crippen LogP contribution in [0.3, 0.4) is 0 Å². The molecule has 208 valence electrons. The third-order valence-corrected chi connectivity index (χ3v) is 6.40. The maximum Gasteiger partial charge on any atom is 0.434 e. The summed E-state index contributed by atoms with van der Waals surface area (Å²) in [6.45, 7) is 8.21. The van der Waals surface area contributed by atoms with E-state index in [0.29, 0.717) is 29.8 Å². The number of nitrogens with one attached hydrogen (secondary N) is 1. The lowest BCUT2D eigenvalue weighted by molar-refractivity contribution is -0.140. The summed E-state index contributed by atoms with van der Waals surface area (Å²) in [7, 11) is 1.75. The molecule has 0 atom stereocenters. The van der Waals surface area contributed by atoms with E-state index >= 15 is 0 Å². The van der Waals surface area contributed by atoms with Gasteiger partial charge in [-0.3, -0.25) is 15.0 Å². The van der Waals surface area contributed by atoms with Crippen molar-refractivity contribution in [3.8, 4) is 11.5 Å². The van der Waals surface area contributed by atoms with Crippen LogP contribution in [0.15, 0.2) is 89.1 Å². The fraction of sp³-hybridized carbons (Fsp3) is 0.290. The van der Waals surface area contributed by atoms with Gasteiger partial charge >= 0.3 is 6.18 Å². The van der Waals surface area contributed by atoms with Crippen LogP contribution >= 0.6 is 0 Å². The number of hydrogen-bond acceptors (Lipinski definition) is 4. The minimum atomic E-state index is -4.53. The molecule has 0 fully saturated rings. The first-order valence-corrected chi connectivity index (χ1v) is 13.1. The summed E-state index contributed by atoms with van der Waals surface area (Å²) < 4.78 is 41.4.